The van der Waals surface area contributed by atoms with Crippen LogP contribution in [0.5, 0.6) is 0 Å². The molecule has 2 fully saturated rings. The van der Waals surface area contributed by atoms with E-state index >= 15 is 0 Å². The number of halogens is 4. The van der Waals surface area contributed by atoms with E-state index in [1.165, 1.54) is 0 Å². The number of benzene rings is 1. The molecule has 1 unspecified atom stereocenters. The van der Waals surface area contributed by atoms with Gasteiger partial charge < -0.3 is 4.74 Å². The van der Waals surface area contributed by atoms with Crippen molar-refractivity contribution in [3.63, 3.8) is 0 Å². The maximum Gasteiger partial charge on any atom is 0.245 e. The molecular weight excluding hydrogens is 374 g/mol. The number of alkyl halides is 2. The molecule has 9 heteroatoms. The average molecular weight is 395 g/mol. The van der Waals surface area contributed by atoms with Crippen LogP contribution in [0, 0.1) is 17.0 Å². The molecule has 4 nitrogen and oxygen atoms in total. The lowest BCUT2D eigenvalue weighted by atomic mass is 9.89. The first-order valence-corrected chi connectivity index (χ1v) is 10.2. The molecule has 0 radical (unpaired) electrons. The van der Waals surface area contributed by atoms with Crippen LogP contribution < -0.4 is 0 Å². The van der Waals surface area contributed by atoms with Gasteiger partial charge in [0, 0.05) is 18.0 Å². The lowest BCUT2D eigenvalue weighted by Crippen LogP contribution is -2.48. The summed E-state index contributed by atoms with van der Waals surface area (Å²) >= 11 is 0. The molecule has 1 aromatic rings. The van der Waals surface area contributed by atoms with E-state index in [2.05, 4.69) is 0 Å². The van der Waals surface area contributed by atoms with Crippen LogP contribution in [0.1, 0.15) is 37.3 Å². The fraction of sp³-hybridized carbons (Fsp3) is 0.647. The Hall–Kier alpha value is -1.19. The van der Waals surface area contributed by atoms with Crippen LogP contribution in [-0.4, -0.2) is 44.7 Å². The summed E-state index contributed by atoms with van der Waals surface area (Å²) in [7, 11) is -4.06. The number of sulfonamides is 1. The van der Waals surface area contributed by atoms with Gasteiger partial charge in [0.05, 0.1) is 25.0 Å². The van der Waals surface area contributed by atoms with Gasteiger partial charge in [-0.15, -0.1) is 0 Å². The Morgan fingerprint density at radius 1 is 1.15 bits per heavy atom. The summed E-state index contributed by atoms with van der Waals surface area (Å²) in [6.07, 6.45) is -1.27. The molecule has 0 bridgehead atoms. The van der Waals surface area contributed by atoms with E-state index in [0.717, 1.165) is 16.4 Å². The monoisotopic (exact) mass is 395 g/mol. The van der Waals surface area contributed by atoms with Crippen LogP contribution in [0.4, 0.5) is 17.6 Å². The summed E-state index contributed by atoms with van der Waals surface area (Å²) in [4.78, 5) is 0. The molecule has 1 aromatic carbocycles. The van der Waals surface area contributed by atoms with E-state index < -0.39 is 45.3 Å². The summed E-state index contributed by atoms with van der Waals surface area (Å²) in [5, 5.41) is 0. The summed E-state index contributed by atoms with van der Waals surface area (Å²) in [6.45, 7) is -0.0105. The van der Waals surface area contributed by atoms with Crippen molar-refractivity contribution in [2.24, 2.45) is 5.41 Å². The molecule has 26 heavy (non-hydrogen) atoms. The fourth-order valence-electron chi connectivity index (χ4n) is 3.90. The van der Waals surface area contributed by atoms with Crippen molar-refractivity contribution >= 4 is 10.0 Å². The van der Waals surface area contributed by atoms with Crippen molar-refractivity contribution in [2.45, 2.75) is 38.2 Å². The Bertz CT molecular complexity index is 730. The van der Waals surface area contributed by atoms with Gasteiger partial charge in [-0.25, -0.2) is 26.0 Å². The van der Waals surface area contributed by atoms with E-state index in [0.29, 0.717) is 18.9 Å². The number of rotatable bonds is 5. The fourth-order valence-corrected chi connectivity index (χ4v) is 6.13. The molecule has 1 saturated carbocycles. The largest absolute Gasteiger partial charge is 0.378 e. The van der Waals surface area contributed by atoms with E-state index in [4.69, 9.17) is 4.74 Å². The second kappa shape index (κ2) is 7.44. The number of ether oxygens (including phenoxy) is 1. The van der Waals surface area contributed by atoms with Crippen molar-refractivity contribution in [1.29, 1.82) is 0 Å². The number of hydrogen-bond acceptors (Lipinski definition) is 3. The van der Waals surface area contributed by atoms with Crippen LogP contribution >= 0.6 is 0 Å². The molecule has 146 valence electrons. The van der Waals surface area contributed by atoms with Crippen molar-refractivity contribution in [3.8, 4) is 0 Å². The molecule has 1 atom stereocenters. The van der Waals surface area contributed by atoms with Crippen molar-refractivity contribution in [1.82, 2.24) is 4.31 Å². The van der Waals surface area contributed by atoms with Gasteiger partial charge in [-0.05, 0) is 30.5 Å². The van der Waals surface area contributed by atoms with E-state index in [1.807, 2.05) is 0 Å². The maximum absolute atomic E-state index is 13.6. The first-order valence-electron chi connectivity index (χ1n) is 8.55. The van der Waals surface area contributed by atoms with Gasteiger partial charge >= 0.3 is 0 Å². The van der Waals surface area contributed by atoms with Crippen LogP contribution in [0.25, 0.3) is 0 Å². The zero-order valence-electron chi connectivity index (χ0n) is 14.1. The third-order valence-electron chi connectivity index (χ3n) is 5.24. The van der Waals surface area contributed by atoms with E-state index in [9.17, 15) is 26.0 Å². The third kappa shape index (κ3) is 3.89. The van der Waals surface area contributed by atoms with Gasteiger partial charge in [-0.3, -0.25) is 0 Å². The summed E-state index contributed by atoms with van der Waals surface area (Å²) in [5.74, 6) is -2.32. The second-order valence-electron chi connectivity index (χ2n) is 7.03. The first-order chi connectivity index (χ1) is 12.2. The lowest BCUT2D eigenvalue weighted by molar-refractivity contribution is 0.00938. The Kier molecular flexibility index (Phi) is 5.60. The van der Waals surface area contributed by atoms with Gasteiger partial charge in [0.15, 0.2) is 0 Å². The molecule has 1 saturated heterocycles. The van der Waals surface area contributed by atoms with Crippen LogP contribution in [0.15, 0.2) is 18.2 Å². The van der Waals surface area contributed by atoms with E-state index in [1.54, 1.807) is 0 Å². The molecular formula is C17H21F4NO3S. The van der Waals surface area contributed by atoms with Gasteiger partial charge in [0.2, 0.25) is 16.4 Å². The highest BCUT2D eigenvalue weighted by molar-refractivity contribution is 7.89. The Morgan fingerprint density at radius 2 is 1.77 bits per heavy atom. The molecule has 0 amide bonds. The Labute approximate surface area is 150 Å². The van der Waals surface area contributed by atoms with Gasteiger partial charge in [0.1, 0.15) is 11.6 Å². The normalized spacial score (nSPS) is 24.3. The number of morpholine rings is 1. The smallest absolute Gasteiger partial charge is 0.245 e. The zero-order chi connectivity index (χ0) is 18.9. The SMILES string of the molecule is O=S(=O)(CC1(C(F)F)CCCC1)N1CCOCC1c1cc(F)cc(F)c1. The van der Waals surface area contributed by atoms with Crippen LogP contribution in [0.2, 0.25) is 0 Å². The predicted molar refractivity (Wildman–Crippen MR) is 87.3 cm³/mol. The zero-order valence-corrected chi connectivity index (χ0v) is 15.0. The van der Waals surface area contributed by atoms with Crippen molar-refractivity contribution in [3.05, 3.63) is 35.4 Å². The topological polar surface area (TPSA) is 46.6 Å². The maximum atomic E-state index is 13.6. The first kappa shape index (κ1) is 19.6. The van der Waals surface area contributed by atoms with Crippen molar-refractivity contribution < 1.29 is 30.7 Å². The number of hydrogen-bond donors (Lipinski definition) is 0. The molecule has 0 aromatic heterocycles. The standard InChI is InChI=1S/C17H21F4NO3S/c18-13-7-12(8-14(19)9-13)15-10-25-6-5-22(15)26(23,24)11-17(16(20)21)3-1-2-4-17/h7-9,15-16H,1-6,10-11H2. The lowest BCUT2D eigenvalue weighted by Gasteiger charge is -2.37. The molecule has 3 rings (SSSR count). The highest BCUT2D eigenvalue weighted by atomic mass is 32.2. The molecule has 0 N–H and O–H groups in total. The minimum atomic E-state index is -4.06. The molecule has 0 spiro atoms. The van der Waals surface area contributed by atoms with Crippen LogP contribution in [0.3, 0.4) is 0 Å². The average Bonchev–Trinajstić information content (AvgIpc) is 3.03. The summed E-state index contributed by atoms with van der Waals surface area (Å²) in [6, 6.07) is 1.85. The molecule has 1 aliphatic carbocycles. The highest BCUT2D eigenvalue weighted by Gasteiger charge is 2.48. The summed E-state index contributed by atoms with van der Waals surface area (Å²) < 4.78 is 86.6. The van der Waals surface area contributed by atoms with E-state index in [-0.39, 0.29) is 38.2 Å². The van der Waals surface area contributed by atoms with Gasteiger partial charge in [-0.1, -0.05) is 12.8 Å². The van der Waals surface area contributed by atoms with Gasteiger partial charge in [-0.2, -0.15) is 4.31 Å². The summed E-state index contributed by atoms with van der Waals surface area (Å²) in [5.41, 5.74) is -1.43. The van der Waals surface area contributed by atoms with Gasteiger partial charge in [0.25, 0.3) is 0 Å². The quantitative estimate of drug-likeness (QED) is 0.717. The molecule has 2 aliphatic rings. The van der Waals surface area contributed by atoms with Crippen molar-refractivity contribution in [2.75, 3.05) is 25.5 Å². The Balaban J connectivity index is 1.91. The second-order valence-corrected chi connectivity index (χ2v) is 8.95. The molecule has 1 heterocycles. The highest BCUT2D eigenvalue weighted by Crippen LogP contribution is 2.45. The Morgan fingerprint density at radius 3 is 2.35 bits per heavy atom. The third-order valence-corrected chi connectivity index (χ3v) is 7.33. The molecule has 1 aliphatic heterocycles. The number of nitrogens with zero attached hydrogens (tertiary/aromatic N) is 1. The minimum Gasteiger partial charge on any atom is -0.378 e. The predicted octanol–water partition coefficient (Wildman–Crippen LogP) is 3.49. The minimum absolute atomic E-state index is 0.0373. The van der Waals surface area contributed by atoms with Crippen LogP contribution in [-0.2, 0) is 14.8 Å².